The fourth-order valence-corrected chi connectivity index (χ4v) is 1.65. The molecule has 0 spiro atoms. The van der Waals surface area contributed by atoms with Crippen molar-refractivity contribution < 1.29 is 13.9 Å². The maximum absolute atomic E-state index is 13.1. The summed E-state index contributed by atoms with van der Waals surface area (Å²) in [5.74, 6) is -1.35. The van der Waals surface area contributed by atoms with Gasteiger partial charge in [0, 0.05) is 6.04 Å². The van der Waals surface area contributed by atoms with Crippen LogP contribution in [0.5, 0.6) is 5.75 Å². The summed E-state index contributed by atoms with van der Waals surface area (Å²) in [6.45, 7) is 1.56. The maximum Gasteiger partial charge on any atom is 0.253 e. The Morgan fingerprint density at radius 2 is 2.53 bits per heavy atom. The molecule has 2 N–H and O–H groups in total. The molecule has 0 aromatic carbocycles. The average molecular weight is 239 g/mol. The Morgan fingerprint density at radius 3 is 3.06 bits per heavy atom. The Hall–Kier alpha value is -1.69. The number of amides is 1. The molecule has 1 aromatic rings. The van der Waals surface area contributed by atoms with E-state index in [-0.39, 0.29) is 5.56 Å². The molecule has 1 fully saturated rings. The van der Waals surface area contributed by atoms with Gasteiger partial charge in [0.05, 0.1) is 11.8 Å². The number of primary amides is 1. The lowest BCUT2D eigenvalue weighted by molar-refractivity contribution is 0.0765. The molecule has 2 heterocycles. The van der Waals surface area contributed by atoms with Crippen LogP contribution in [0.3, 0.4) is 0 Å². The van der Waals surface area contributed by atoms with Gasteiger partial charge in [-0.1, -0.05) is 0 Å². The van der Waals surface area contributed by atoms with Crippen LogP contribution in [-0.2, 0) is 0 Å². The molecule has 1 aliphatic rings. The quantitative estimate of drug-likeness (QED) is 0.772. The van der Waals surface area contributed by atoms with Crippen LogP contribution in [0.15, 0.2) is 12.3 Å². The van der Waals surface area contributed by atoms with Crippen molar-refractivity contribution in [2.24, 2.45) is 5.73 Å². The van der Waals surface area contributed by atoms with E-state index in [0.717, 1.165) is 13.0 Å². The second kappa shape index (κ2) is 4.67. The first-order valence-electron chi connectivity index (χ1n) is 5.36. The number of aromatic nitrogens is 1. The van der Waals surface area contributed by atoms with E-state index >= 15 is 0 Å². The first-order chi connectivity index (χ1) is 8.08. The van der Waals surface area contributed by atoms with Gasteiger partial charge in [0.1, 0.15) is 12.4 Å². The number of hydrogen-bond donors (Lipinski definition) is 1. The Balaban J connectivity index is 2.01. The number of ether oxygens (including phenoxy) is 1. The van der Waals surface area contributed by atoms with Crippen molar-refractivity contribution in [1.82, 2.24) is 9.88 Å². The van der Waals surface area contributed by atoms with E-state index < -0.39 is 11.9 Å². The van der Waals surface area contributed by atoms with E-state index in [1.807, 2.05) is 7.05 Å². The van der Waals surface area contributed by atoms with Crippen molar-refractivity contribution in [2.75, 3.05) is 20.2 Å². The largest absolute Gasteiger partial charge is 0.490 e. The molecule has 0 bridgehead atoms. The van der Waals surface area contributed by atoms with Crippen LogP contribution < -0.4 is 10.5 Å². The summed E-state index contributed by atoms with van der Waals surface area (Å²) in [5.41, 5.74) is 4.77. The summed E-state index contributed by atoms with van der Waals surface area (Å²) in [7, 11) is 2.01. The van der Waals surface area contributed by atoms with Gasteiger partial charge in [-0.25, -0.2) is 4.98 Å². The monoisotopic (exact) mass is 239 g/mol. The molecular weight excluding hydrogens is 225 g/mol. The lowest BCUT2D eigenvalue weighted by Crippen LogP contribution is -2.48. The van der Waals surface area contributed by atoms with Crippen LogP contribution in [0.1, 0.15) is 16.8 Å². The minimum absolute atomic E-state index is 0.246. The van der Waals surface area contributed by atoms with E-state index in [1.54, 1.807) is 0 Å². The number of carbonyl (C=O) groups is 1. The maximum atomic E-state index is 13.1. The van der Waals surface area contributed by atoms with Crippen LogP contribution in [0.2, 0.25) is 0 Å². The van der Waals surface area contributed by atoms with Gasteiger partial charge in [-0.15, -0.1) is 0 Å². The SMILES string of the molecule is CN1CC[C@H]1COc1cnc(F)c(C(N)=O)c1. The number of rotatable bonds is 4. The first-order valence-corrected chi connectivity index (χ1v) is 5.36. The van der Waals surface area contributed by atoms with Gasteiger partial charge < -0.3 is 10.5 Å². The highest BCUT2D eigenvalue weighted by Crippen LogP contribution is 2.18. The molecule has 1 atom stereocenters. The molecule has 0 saturated carbocycles. The number of pyridine rings is 1. The molecule has 0 unspecified atom stereocenters. The van der Waals surface area contributed by atoms with Crippen molar-refractivity contribution in [3.63, 3.8) is 0 Å². The Labute approximate surface area is 98.4 Å². The highest BCUT2D eigenvalue weighted by molar-refractivity contribution is 5.93. The van der Waals surface area contributed by atoms with E-state index in [4.69, 9.17) is 10.5 Å². The third-order valence-corrected chi connectivity index (χ3v) is 2.96. The zero-order chi connectivity index (χ0) is 12.4. The van der Waals surface area contributed by atoms with Gasteiger partial charge in [-0.2, -0.15) is 4.39 Å². The highest BCUT2D eigenvalue weighted by Gasteiger charge is 2.24. The summed E-state index contributed by atoms with van der Waals surface area (Å²) in [6.07, 6.45) is 2.33. The Kier molecular flexibility index (Phi) is 3.23. The van der Waals surface area contributed by atoms with Crippen LogP contribution in [0.25, 0.3) is 0 Å². The average Bonchev–Trinajstić information content (AvgIpc) is 2.29. The molecule has 6 heteroatoms. The fraction of sp³-hybridized carbons (Fsp3) is 0.455. The Bertz CT molecular complexity index is 439. The molecular formula is C11H14FN3O2. The molecule has 1 saturated heterocycles. The standard InChI is InChI=1S/C11H14FN3O2/c1-15-3-2-7(15)6-17-8-4-9(11(13)16)10(12)14-5-8/h4-5,7H,2-3,6H2,1H3,(H2,13,16)/t7-/m0/s1. The number of likely N-dealkylation sites (N-methyl/N-ethyl adjacent to an activating group) is 1. The second-order valence-electron chi connectivity index (χ2n) is 4.11. The summed E-state index contributed by atoms with van der Waals surface area (Å²) in [4.78, 5) is 16.5. The minimum atomic E-state index is -0.870. The van der Waals surface area contributed by atoms with Gasteiger partial charge in [0.2, 0.25) is 5.95 Å². The topological polar surface area (TPSA) is 68.4 Å². The summed E-state index contributed by atoms with van der Waals surface area (Å²) >= 11 is 0. The van der Waals surface area contributed by atoms with E-state index in [1.165, 1.54) is 12.3 Å². The molecule has 0 aliphatic carbocycles. The zero-order valence-corrected chi connectivity index (χ0v) is 9.52. The third-order valence-electron chi connectivity index (χ3n) is 2.96. The number of halogens is 1. The normalized spacial score (nSPS) is 19.8. The van der Waals surface area contributed by atoms with Crippen LogP contribution in [0.4, 0.5) is 4.39 Å². The lowest BCUT2D eigenvalue weighted by atomic mass is 10.1. The third kappa shape index (κ3) is 2.52. The molecule has 92 valence electrons. The summed E-state index contributed by atoms with van der Waals surface area (Å²) in [6, 6.07) is 1.65. The highest BCUT2D eigenvalue weighted by atomic mass is 19.1. The van der Waals surface area contributed by atoms with Gasteiger partial charge in [-0.05, 0) is 26.1 Å². The predicted octanol–water partition coefficient (Wildman–Crippen LogP) is 0.402. The van der Waals surface area contributed by atoms with Crippen LogP contribution in [0, 0.1) is 5.95 Å². The van der Waals surface area contributed by atoms with Gasteiger partial charge in [-0.3, -0.25) is 9.69 Å². The lowest BCUT2D eigenvalue weighted by Gasteiger charge is -2.37. The number of carbonyl (C=O) groups excluding carboxylic acids is 1. The van der Waals surface area contributed by atoms with Gasteiger partial charge >= 0.3 is 0 Å². The van der Waals surface area contributed by atoms with Crippen molar-refractivity contribution in [3.05, 3.63) is 23.8 Å². The number of likely N-dealkylation sites (tertiary alicyclic amines) is 1. The number of nitrogens with two attached hydrogens (primary N) is 1. The summed E-state index contributed by atoms with van der Waals surface area (Å²) < 4.78 is 18.5. The molecule has 17 heavy (non-hydrogen) atoms. The van der Waals surface area contributed by atoms with Crippen LogP contribution in [-0.4, -0.2) is 42.0 Å². The number of nitrogens with zero attached hydrogens (tertiary/aromatic N) is 2. The Morgan fingerprint density at radius 1 is 1.76 bits per heavy atom. The molecule has 5 nitrogen and oxygen atoms in total. The molecule has 2 rings (SSSR count). The van der Waals surface area contributed by atoms with Gasteiger partial charge in [0.15, 0.2) is 0 Å². The smallest absolute Gasteiger partial charge is 0.253 e. The zero-order valence-electron chi connectivity index (χ0n) is 9.52. The fourth-order valence-electron chi connectivity index (χ4n) is 1.65. The van der Waals surface area contributed by atoms with Crippen molar-refractivity contribution >= 4 is 5.91 Å². The first kappa shape index (κ1) is 11.8. The van der Waals surface area contributed by atoms with Crippen molar-refractivity contribution in [2.45, 2.75) is 12.5 Å². The van der Waals surface area contributed by atoms with E-state index in [9.17, 15) is 9.18 Å². The van der Waals surface area contributed by atoms with Crippen molar-refractivity contribution in [1.29, 1.82) is 0 Å². The summed E-state index contributed by atoms with van der Waals surface area (Å²) in [5, 5.41) is 0. The van der Waals surface area contributed by atoms with E-state index in [2.05, 4.69) is 9.88 Å². The van der Waals surface area contributed by atoms with E-state index in [0.29, 0.717) is 18.4 Å². The predicted molar refractivity (Wildman–Crippen MR) is 59.2 cm³/mol. The molecule has 1 amide bonds. The molecule has 1 aliphatic heterocycles. The van der Waals surface area contributed by atoms with Crippen molar-refractivity contribution in [3.8, 4) is 5.75 Å². The second-order valence-corrected chi connectivity index (χ2v) is 4.11. The van der Waals surface area contributed by atoms with Crippen LogP contribution >= 0.6 is 0 Å². The number of hydrogen-bond acceptors (Lipinski definition) is 4. The minimum Gasteiger partial charge on any atom is -0.490 e. The van der Waals surface area contributed by atoms with Gasteiger partial charge in [0.25, 0.3) is 5.91 Å². The molecule has 0 radical (unpaired) electrons. The molecule has 1 aromatic heterocycles.